The zero-order valence-electron chi connectivity index (χ0n) is 9.32. The lowest BCUT2D eigenvalue weighted by atomic mass is 10.2. The molecule has 0 amide bonds. The summed E-state index contributed by atoms with van der Waals surface area (Å²) in [6.07, 6.45) is 0. The number of hydrogen-bond donors (Lipinski definition) is 2. The summed E-state index contributed by atoms with van der Waals surface area (Å²) in [5.41, 5.74) is 0.115. The number of nitrogens with one attached hydrogen (secondary N) is 1. The van der Waals surface area contributed by atoms with Gasteiger partial charge in [0, 0.05) is 0 Å². The van der Waals surface area contributed by atoms with Crippen molar-refractivity contribution in [2.24, 2.45) is 0 Å². The van der Waals surface area contributed by atoms with E-state index >= 15 is 0 Å². The molecule has 0 aliphatic carbocycles. The van der Waals surface area contributed by atoms with Gasteiger partial charge in [0.05, 0.1) is 10.7 Å². The number of nitrogens with zero attached hydrogens (tertiary/aromatic N) is 1. The van der Waals surface area contributed by atoms with E-state index in [1.165, 1.54) is 24.3 Å². The minimum atomic E-state index is -1.18. The molecule has 1 heterocycles. The predicted octanol–water partition coefficient (Wildman–Crippen LogP) is 3.97. The van der Waals surface area contributed by atoms with E-state index < -0.39 is 11.8 Å². The number of carbonyl (C=O) groups is 1. The van der Waals surface area contributed by atoms with Gasteiger partial charge in [0.15, 0.2) is 0 Å². The molecule has 19 heavy (non-hydrogen) atoms. The van der Waals surface area contributed by atoms with Crippen LogP contribution in [0.1, 0.15) is 10.4 Å². The first-order valence-electron chi connectivity index (χ1n) is 5.09. The van der Waals surface area contributed by atoms with Crippen LogP contribution < -0.4 is 5.32 Å². The Morgan fingerprint density at radius 3 is 2.68 bits per heavy atom. The number of aromatic nitrogens is 1. The van der Waals surface area contributed by atoms with Crippen molar-refractivity contribution in [3.63, 3.8) is 0 Å². The van der Waals surface area contributed by atoms with Crippen LogP contribution in [-0.4, -0.2) is 16.1 Å². The van der Waals surface area contributed by atoms with Gasteiger partial charge in [-0.25, -0.2) is 14.2 Å². The van der Waals surface area contributed by atoms with Crippen molar-refractivity contribution in [3.05, 3.63) is 51.9 Å². The number of pyridine rings is 1. The fourth-order valence-electron chi connectivity index (χ4n) is 1.42. The van der Waals surface area contributed by atoms with Gasteiger partial charge in [-0.15, -0.1) is 0 Å². The van der Waals surface area contributed by atoms with E-state index in [0.717, 1.165) is 6.07 Å². The molecule has 0 spiro atoms. The van der Waals surface area contributed by atoms with Crippen LogP contribution in [0.25, 0.3) is 0 Å². The topological polar surface area (TPSA) is 62.2 Å². The van der Waals surface area contributed by atoms with Crippen molar-refractivity contribution in [3.8, 4) is 0 Å². The van der Waals surface area contributed by atoms with E-state index in [9.17, 15) is 9.18 Å². The fraction of sp³-hybridized carbons (Fsp3) is 0. The molecule has 2 rings (SSSR count). The third-order valence-electron chi connectivity index (χ3n) is 2.27. The molecule has 7 heteroatoms. The highest BCUT2D eigenvalue weighted by atomic mass is 35.5. The second-order valence-corrected chi connectivity index (χ2v) is 4.38. The van der Waals surface area contributed by atoms with Gasteiger partial charge < -0.3 is 10.4 Å². The Kier molecular flexibility index (Phi) is 3.87. The van der Waals surface area contributed by atoms with Gasteiger partial charge in [0.1, 0.15) is 22.4 Å². The minimum absolute atomic E-state index is 0.00694. The van der Waals surface area contributed by atoms with E-state index in [0.29, 0.717) is 0 Å². The summed E-state index contributed by atoms with van der Waals surface area (Å²) in [6.45, 7) is 0. The minimum Gasteiger partial charge on any atom is -0.478 e. The largest absolute Gasteiger partial charge is 0.478 e. The molecule has 0 aliphatic heterocycles. The number of carboxylic acid groups (broad SMARTS) is 1. The van der Waals surface area contributed by atoms with E-state index in [1.807, 2.05) is 0 Å². The van der Waals surface area contributed by atoms with Gasteiger partial charge in [-0.3, -0.25) is 0 Å². The predicted molar refractivity (Wildman–Crippen MR) is 70.9 cm³/mol. The van der Waals surface area contributed by atoms with Crippen molar-refractivity contribution >= 4 is 40.7 Å². The second-order valence-electron chi connectivity index (χ2n) is 3.58. The Hall–Kier alpha value is -1.85. The molecule has 0 saturated heterocycles. The molecule has 0 atom stereocenters. The van der Waals surface area contributed by atoms with Gasteiger partial charge in [-0.2, -0.15) is 0 Å². The number of anilines is 2. The lowest BCUT2D eigenvalue weighted by Crippen LogP contribution is -2.05. The maximum absolute atomic E-state index is 13.1. The van der Waals surface area contributed by atoms with Crippen LogP contribution >= 0.6 is 23.2 Å². The Balaban J connectivity index is 2.45. The molecule has 1 aromatic carbocycles. The SMILES string of the molecule is O=C(O)c1ccc(Cl)nc1Nc1cc(F)ccc1Cl. The van der Waals surface area contributed by atoms with Crippen LogP contribution in [0.2, 0.25) is 10.2 Å². The molecule has 2 aromatic rings. The summed E-state index contributed by atoms with van der Waals surface area (Å²) < 4.78 is 13.1. The van der Waals surface area contributed by atoms with Crippen molar-refractivity contribution in [1.29, 1.82) is 0 Å². The second kappa shape index (κ2) is 5.42. The molecule has 2 N–H and O–H groups in total. The van der Waals surface area contributed by atoms with Crippen LogP contribution in [0.15, 0.2) is 30.3 Å². The number of benzene rings is 1. The van der Waals surface area contributed by atoms with Gasteiger partial charge >= 0.3 is 5.97 Å². The lowest BCUT2D eigenvalue weighted by Gasteiger charge is -2.10. The maximum Gasteiger partial charge on any atom is 0.339 e. The Morgan fingerprint density at radius 2 is 2.00 bits per heavy atom. The zero-order valence-corrected chi connectivity index (χ0v) is 10.8. The first-order chi connectivity index (χ1) is 8.97. The van der Waals surface area contributed by atoms with Gasteiger partial charge in [-0.05, 0) is 30.3 Å². The van der Waals surface area contributed by atoms with Gasteiger partial charge in [0.2, 0.25) is 0 Å². The molecule has 0 saturated carbocycles. The van der Waals surface area contributed by atoms with Gasteiger partial charge in [0.25, 0.3) is 0 Å². The monoisotopic (exact) mass is 300 g/mol. The van der Waals surface area contributed by atoms with E-state index in [2.05, 4.69) is 10.3 Å². The number of carboxylic acids is 1. The molecular weight excluding hydrogens is 294 g/mol. The summed E-state index contributed by atoms with van der Waals surface area (Å²) in [7, 11) is 0. The van der Waals surface area contributed by atoms with Crippen molar-refractivity contribution in [1.82, 2.24) is 4.98 Å². The van der Waals surface area contributed by atoms with Gasteiger partial charge in [-0.1, -0.05) is 23.2 Å². The van der Waals surface area contributed by atoms with Crippen LogP contribution in [-0.2, 0) is 0 Å². The van der Waals surface area contributed by atoms with Crippen LogP contribution in [0, 0.1) is 5.82 Å². The van der Waals surface area contributed by atoms with Crippen LogP contribution in [0.3, 0.4) is 0 Å². The first kappa shape index (κ1) is 13.6. The molecule has 0 unspecified atom stereocenters. The normalized spacial score (nSPS) is 10.3. The molecular formula is C12H7Cl2FN2O2. The summed E-state index contributed by atoms with van der Waals surface area (Å²) >= 11 is 11.6. The Morgan fingerprint density at radius 1 is 1.26 bits per heavy atom. The molecule has 0 fully saturated rings. The van der Waals surface area contributed by atoms with Crippen LogP contribution in [0.5, 0.6) is 0 Å². The summed E-state index contributed by atoms with van der Waals surface area (Å²) in [4.78, 5) is 14.9. The highest BCUT2D eigenvalue weighted by molar-refractivity contribution is 6.33. The Bertz CT molecular complexity index is 650. The lowest BCUT2D eigenvalue weighted by molar-refractivity contribution is 0.0697. The molecule has 0 aliphatic rings. The smallest absolute Gasteiger partial charge is 0.339 e. The summed E-state index contributed by atoms with van der Waals surface area (Å²) in [5, 5.41) is 12.0. The summed E-state index contributed by atoms with van der Waals surface area (Å²) in [6, 6.07) is 6.33. The van der Waals surface area contributed by atoms with Crippen molar-refractivity contribution in [2.45, 2.75) is 0 Å². The highest BCUT2D eigenvalue weighted by Crippen LogP contribution is 2.27. The zero-order chi connectivity index (χ0) is 14.0. The fourth-order valence-corrected chi connectivity index (χ4v) is 1.74. The molecule has 98 valence electrons. The number of aromatic carboxylic acids is 1. The van der Waals surface area contributed by atoms with Crippen molar-refractivity contribution < 1.29 is 14.3 Å². The first-order valence-corrected chi connectivity index (χ1v) is 5.85. The van der Waals surface area contributed by atoms with Crippen molar-refractivity contribution in [2.75, 3.05) is 5.32 Å². The summed E-state index contributed by atoms with van der Waals surface area (Å²) in [5.74, 6) is -1.70. The number of hydrogen-bond acceptors (Lipinski definition) is 3. The third-order valence-corrected chi connectivity index (χ3v) is 2.81. The molecule has 0 radical (unpaired) electrons. The Labute approximate surface area is 117 Å². The molecule has 0 bridgehead atoms. The van der Waals surface area contributed by atoms with Crippen LogP contribution in [0.4, 0.5) is 15.9 Å². The van der Waals surface area contributed by atoms with E-state index in [1.54, 1.807) is 0 Å². The number of rotatable bonds is 3. The molecule has 4 nitrogen and oxygen atoms in total. The van der Waals surface area contributed by atoms with E-state index in [-0.39, 0.29) is 27.2 Å². The van der Waals surface area contributed by atoms with E-state index in [4.69, 9.17) is 28.3 Å². The third kappa shape index (κ3) is 3.13. The molecule has 1 aromatic heterocycles. The highest BCUT2D eigenvalue weighted by Gasteiger charge is 2.13. The average Bonchev–Trinajstić information content (AvgIpc) is 2.33. The average molecular weight is 301 g/mol. The quantitative estimate of drug-likeness (QED) is 0.842. The maximum atomic E-state index is 13.1. The standard InChI is InChI=1S/C12H7Cl2FN2O2/c13-8-3-1-6(15)5-9(8)16-11-7(12(18)19)2-4-10(14)17-11/h1-5H,(H,16,17)(H,18,19). The number of halogens is 3.